The number of benzene rings is 1. The molecule has 0 aliphatic heterocycles. The van der Waals surface area contributed by atoms with Crippen LogP contribution in [0.5, 0.6) is 0 Å². The number of amides is 1. The zero-order valence-corrected chi connectivity index (χ0v) is 11.9. The van der Waals surface area contributed by atoms with E-state index in [2.05, 4.69) is 32.9 Å². The van der Waals surface area contributed by atoms with Gasteiger partial charge in [0.25, 0.3) is 5.91 Å². The number of hydrogen-bond donors (Lipinski definition) is 2. The number of pyridine rings is 1. The summed E-state index contributed by atoms with van der Waals surface area (Å²) in [5.41, 5.74) is 8.15. The predicted molar refractivity (Wildman–Crippen MR) is 80.5 cm³/mol. The van der Waals surface area contributed by atoms with Gasteiger partial charge in [-0.05, 0) is 59.8 Å². The van der Waals surface area contributed by atoms with E-state index in [0.29, 0.717) is 11.3 Å². The molecule has 0 saturated carbocycles. The third-order valence-corrected chi connectivity index (χ3v) is 3.14. The van der Waals surface area contributed by atoms with Crippen LogP contribution in [0.15, 0.2) is 36.5 Å². The molecule has 0 fully saturated rings. The molecule has 1 amide bonds. The highest BCUT2D eigenvalue weighted by Crippen LogP contribution is 2.15. The first-order valence-corrected chi connectivity index (χ1v) is 6.43. The second kappa shape index (κ2) is 5.34. The number of nitrogens with two attached hydrogens (primary N) is 1. The molecule has 0 radical (unpaired) electrons. The average Bonchev–Trinajstić information content (AvgIpc) is 2.32. The highest BCUT2D eigenvalue weighted by Gasteiger charge is 2.10. The second-order valence-corrected chi connectivity index (χ2v) is 5.12. The lowest BCUT2D eigenvalue weighted by atomic mass is 10.2. The lowest BCUT2D eigenvalue weighted by Crippen LogP contribution is -2.14. The largest absolute Gasteiger partial charge is 0.398 e. The minimum Gasteiger partial charge on any atom is -0.398 e. The van der Waals surface area contributed by atoms with Gasteiger partial charge in [0, 0.05) is 26.8 Å². The molecule has 4 nitrogen and oxygen atoms in total. The van der Waals surface area contributed by atoms with Gasteiger partial charge in [0.05, 0.1) is 5.56 Å². The first kappa shape index (κ1) is 12.8. The molecule has 0 spiro atoms. The van der Waals surface area contributed by atoms with Crippen LogP contribution in [-0.4, -0.2) is 10.9 Å². The Balaban J connectivity index is 2.19. The number of hydrogen-bond acceptors (Lipinski definition) is 3. The van der Waals surface area contributed by atoms with Crippen LogP contribution >= 0.6 is 22.6 Å². The standard InChI is InChI=1S/C13H12IN3O/c1-8-6-12(15)11(7-16-8)13(18)17-10-4-2-9(14)3-5-10/h2-7H,1H3,(H2,15,16)(H,17,18). The number of nitrogen functional groups attached to an aromatic ring is 1. The van der Waals surface area contributed by atoms with Gasteiger partial charge in [-0.2, -0.15) is 0 Å². The van der Waals surface area contributed by atoms with E-state index in [1.165, 1.54) is 6.20 Å². The molecule has 0 aliphatic rings. The smallest absolute Gasteiger partial charge is 0.259 e. The minimum atomic E-state index is -0.249. The lowest BCUT2D eigenvalue weighted by molar-refractivity contribution is 0.102. The second-order valence-electron chi connectivity index (χ2n) is 3.87. The van der Waals surface area contributed by atoms with Gasteiger partial charge in [0.15, 0.2) is 0 Å². The SMILES string of the molecule is Cc1cc(N)c(C(=O)Nc2ccc(I)cc2)cn1. The Morgan fingerprint density at radius 1 is 1.33 bits per heavy atom. The molecule has 1 aromatic carbocycles. The number of nitrogens with zero attached hydrogens (tertiary/aromatic N) is 1. The summed E-state index contributed by atoms with van der Waals surface area (Å²) in [7, 11) is 0. The van der Waals surface area contributed by atoms with Crippen LogP contribution in [0.1, 0.15) is 16.1 Å². The Morgan fingerprint density at radius 3 is 2.61 bits per heavy atom. The van der Waals surface area contributed by atoms with Crippen molar-refractivity contribution >= 4 is 39.9 Å². The number of aromatic nitrogens is 1. The van der Waals surface area contributed by atoms with Crippen LogP contribution in [-0.2, 0) is 0 Å². The molecule has 0 saturated heterocycles. The van der Waals surface area contributed by atoms with Crippen LogP contribution < -0.4 is 11.1 Å². The zero-order valence-electron chi connectivity index (χ0n) is 9.77. The van der Waals surface area contributed by atoms with Crippen molar-refractivity contribution in [3.63, 3.8) is 0 Å². The number of carbonyl (C=O) groups excluding carboxylic acids is 1. The van der Waals surface area contributed by atoms with Crippen molar-refractivity contribution in [3.8, 4) is 0 Å². The Bertz CT molecular complexity index is 581. The molecule has 0 aliphatic carbocycles. The number of aryl methyl sites for hydroxylation is 1. The van der Waals surface area contributed by atoms with Gasteiger partial charge >= 0.3 is 0 Å². The minimum absolute atomic E-state index is 0.249. The molecular weight excluding hydrogens is 341 g/mol. The van der Waals surface area contributed by atoms with E-state index < -0.39 is 0 Å². The Labute approximate surface area is 119 Å². The third kappa shape index (κ3) is 2.98. The maximum absolute atomic E-state index is 12.0. The molecule has 2 rings (SSSR count). The van der Waals surface area contributed by atoms with E-state index in [-0.39, 0.29) is 5.91 Å². The van der Waals surface area contributed by atoms with E-state index in [1.54, 1.807) is 6.07 Å². The van der Waals surface area contributed by atoms with Gasteiger partial charge in [-0.15, -0.1) is 0 Å². The van der Waals surface area contributed by atoms with Crippen LogP contribution in [0.2, 0.25) is 0 Å². The molecule has 2 aromatic rings. The summed E-state index contributed by atoms with van der Waals surface area (Å²) in [5.74, 6) is -0.249. The van der Waals surface area contributed by atoms with Crippen molar-refractivity contribution in [2.45, 2.75) is 6.92 Å². The van der Waals surface area contributed by atoms with Crippen molar-refractivity contribution in [2.75, 3.05) is 11.1 Å². The molecule has 92 valence electrons. The molecule has 0 bridgehead atoms. The molecule has 0 unspecified atom stereocenters. The van der Waals surface area contributed by atoms with Crippen molar-refractivity contribution in [3.05, 3.63) is 51.4 Å². The van der Waals surface area contributed by atoms with Crippen LogP contribution in [0.3, 0.4) is 0 Å². The molecule has 1 heterocycles. The van der Waals surface area contributed by atoms with E-state index in [4.69, 9.17) is 5.73 Å². The van der Waals surface area contributed by atoms with Crippen LogP contribution in [0, 0.1) is 10.5 Å². The number of rotatable bonds is 2. The molecule has 0 atom stereocenters. The first-order chi connectivity index (χ1) is 8.56. The zero-order chi connectivity index (χ0) is 13.1. The molecule has 3 N–H and O–H groups in total. The fraction of sp³-hybridized carbons (Fsp3) is 0.0769. The fourth-order valence-electron chi connectivity index (χ4n) is 1.50. The summed E-state index contributed by atoms with van der Waals surface area (Å²) >= 11 is 2.21. The van der Waals surface area contributed by atoms with Gasteiger partial charge < -0.3 is 11.1 Å². The average molecular weight is 353 g/mol. The Kier molecular flexibility index (Phi) is 3.81. The number of anilines is 2. The fourth-order valence-corrected chi connectivity index (χ4v) is 1.86. The number of nitrogens with one attached hydrogen (secondary N) is 1. The van der Waals surface area contributed by atoms with E-state index >= 15 is 0 Å². The first-order valence-electron chi connectivity index (χ1n) is 5.35. The number of carbonyl (C=O) groups is 1. The lowest BCUT2D eigenvalue weighted by Gasteiger charge is -2.07. The molecule has 5 heteroatoms. The third-order valence-electron chi connectivity index (χ3n) is 2.42. The Morgan fingerprint density at radius 2 is 2.00 bits per heavy atom. The monoisotopic (exact) mass is 353 g/mol. The maximum Gasteiger partial charge on any atom is 0.259 e. The summed E-state index contributed by atoms with van der Waals surface area (Å²) < 4.78 is 1.11. The number of halogens is 1. The van der Waals surface area contributed by atoms with Crippen molar-refractivity contribution in [2.24, 2.45) is 0 Å². The van der Waals surface area contributed by atoms with Gasteiger partial charge in [0.2, 0.25) is 0 Å². The molecular formula is C13H12IN3O. The van der Waals surface area contributed by atoms with Crippen LogP contribution in [0.4, 0.5) is 11.4 Å². The quantitative estimate of drug-likeness (QED) is 0.816. The van der Waals surface area contributed by atoms with Gasteiger partial charge in [0.1, 0.15) is 0 Å². The molecule has 1 aromatic heterocycles. The van der Waals surface area contributed by atoms with E-state index in [9.17, 15) is 4.79 Å². The van der Waals surface area contributed by atoms with Gasteiger partial charge in [-0.1, -0.05) is 0 Å². The maximum atomic E-state index is 12.0. The highest BCUT2D eigenvalue weighted by atomic mass is 127. The van der Waals surface area contributed by atoms with E-state index in [1.807, 2.05) is 31.2 Å². The summed E-state index contributed by atoms with van der Waals surface area (Å²) in [4.78, 5) is 16.1. The van der Waals surface area contributed by atoms with Crippen molar-refractivity contribution in [1.82, 2.24) is 4.98 Å². The van der Waals surface area contributed by atoms with Crippen molar-refractivity contribution in [1.29, 1.82) is 0 Å². The Hall–Kier alpha value is -1.63. The summed E-state index contributed by atoms with van der Waals surface area (Å²) in [5, 5.41) is 2.78. The topological polar surface area (TPSA) is 68.0 Å². The summed E-state index contributed by atoms with van der Waals surface area (Å²) in [6.45, 7) is 1.83. The molecule has 18 heavy (non-hydrogen) atoms. The van der Waals surface area contributed by atoms with Crippen molar-refractivity contribution < 1.29 is 4.79 Å². The van der Waals surface area contributed by atoms with Crippen LogP contribution in [0.25, 0.3) is 0 Å². The summed E-state index contributed by atoms with van der Waals surface area (Å²) in [6.07, 6.45) is 1.49. The predicted octanol–water partition coefficient (Wildman–Crippen LogP) is 2.83. The summed E-state index contributed by atoms with van der Waals surface area (Å²) in [6, 6.07) is 9.22. The normalized spacial score (nSPS) is 10.1. The van der Waals surface area contributed by atoms with Gasteiger partial charge in [-0.25, -0.2) is 0 Å². The van der Waals surface area contributed by atoms with Gasteiger partial charge in [-0.3, -0.25) is 9.78 Å². The highest BCUT2D eigenvalue weighted by molar-refractivity contribution is 14.1. The van der Waals surface area contributed by atoms with E-state index in [0.717, 1.165) is 15.0 Å².